The Kier molecular flexibility index (Phi) is 5.16. The zero-order valence-electron chi connectivity index (χ0n) is 15.7. The number of halogens is 1. The predicted molar refractivity (Wildman–Crippen MR) is 100 cm³/mol. The summed E-state index contributed by atoms with van der Waals surface area (Å²) in [6, 6.07) is 4.98. The molecule has 0 aliphatic carbocycles. The third-order valence-corrected chi connectivity index (χ3v) is 5.86. The van der Waals surface area contributed by atoms with E-state index in [1.807, 2.05) is 12.1 Å². The number of imide groups is 1. The van der Waals surface area contributed by atoms with Gasteiger partial charge in [0.2, 0.25) is 11.8 Å². The van der Waals surface area contributed by atoms with Gasteiger partial charge in [0.05, 0.1) is 0 Å². The number of fused-ring (bicyclic) bond motifs is 1. The SMILES string of the molecule is O=C1CCC(N2Cc3cc(CNCC4(F)CCNCC4)ccc3C2=O)C(=O)N1. The second-order valence-electron chi connectivity index (χ2n) is 7.90. The van der Waals surface area contributed by atoms with Crippen molar-refractivity contribution in [3.05, 3.63) is 34.9 Å². The summed E-state index contributed by atoms with van der Waals surface area (Å²) in [6.45, 7) is 2.60. The summed E-state index contributed by atoms with van der Waals surface area (Å²) in [5.74, 6) is -0.880. The predicted octanol–water partition coefficient (Wildman–Crippen LogP) is 0.629. The molecule has 2 saturated heterocycles. The average molecular weight is 388 g/mol. The number of rotatable bonds is 5. The van der Waals surface area contributed by atoms with E-state index in [0.717, 1.165) is 11.1 Å². The summed E-state index contributed by atoms with van der Waals surface area (Å²) >= 11 is 0. The Hall–Kier alpha value is -2.32. The van der Waals surface area contributed by atoms with Crippen LogP contribution in [0.1, 0.15) is 47.2 Å². The summed E-state index contributed by atoms with van der Waals surface area (Å²) < 4.78 is 14.7. The highest BCUT2D eigenvalue weighted by Crippen LogP contribution is 2.28. The molecule has 7 nitrogen and oxygen atoms in total. The molecule has 0 aromatic heterocycles. The van der Waals surface area contributed by atoms with E-state index in [1.54, 1.807) is 6.07 Å². The van der Waals surface area contributed by atoms with E-state index in [1.165, 1.54) is 4.90 Å². The molecule has 3 aliphatic heterocycles. The molecule has 1 atom stereocenters. The van der Waals surface area contributed by atoms with E-state index in [0.29, 0.717) is 57.5 Å². The molecule has 1 aromatic carbocycles. The number of hydrogen-bond donors (Lipinski definition) is 3. The quantitative estimate of drug-likeness (QED) is 0.644. The number of nitrogens with zero attached hydrogens (tertiary/aromatic N) is 1. The third-order valence-electron chi connectivity index (χ3n) is 5.86. The van der Waals surface area contributed by atoms with Crippen LogP contribution in [-0.4, -0.2) is 54.0 Å². The lowest BCUT2D eigenvalue weighted by Crippen LogP contribution is -2.52. The minimum Gasteiger partial charge on any atom is -0.322 e. The molecule has 3 heterocycles. The number of benzene rings is 1. The minimum atomic E-state index is -1.17. The molecule has 28 heavy (non-hydrogen) atoms. The van der Waals surface area contributed by atoms with E-state index in [-0.39, 0.29) is 18.2 Å². The van der Waals surface area contributed by atoms with Crippen LogP contribution in [0, 0.1) is 0 Å². The summed E-state index contributed by atoms with van der Waals surface area (Å²) in [5, 5.41) is 8.67. The first-order valence-electron chi connectivity index (χ1n) is 9.82. The van der Waals surface area contributed by atoms with Crippen LogP contribution in [0.2, 0.25) is 0 Å². The van der Waals surface area contributed by atoms with Crippen molar-refractivity contribution >= 4 is 17.7 Å². The zero-order chi connectivity index (χ0) is 19.7. The van der Waals surface area contributed by atoms with Crippen molar-refractivity contribution in [1.29, 1.82) is 0 Å². The maximum absolute atomic E-state index is 14.7. The van der Waals surface area contributed by atoms with Crippen molar-refractivity contribution in [2.24, 2.45) is 0 Å². The van der Waals surface area contributed by atoms with Crippen molar-refractivity contribution < 1.29 is 18.8 Å². The Morgan fingerprint density at radius 3 is 2.75 bits per heavy atom. The van der Waals surface area contributed by atoms with Gasteiger partial charge in [-0.1, -0.05) is 12.1 Å². The first kappa shape index (κ1) is 19.0. The molecule has 1 unspecified atom stereocenters. The average Bonchev–Trinajstić information content (AvgIpc) is 2.98. The number of piperidine rings is 2. The smallest absolute Gasteiger partial charge is 0.255 e. The van der Waals surface area contributed by atoms with Crippen LogP contribution < -0.4 is 16.0 Å². The van der Waals surface area contributed by atoms with Crippen LogP contribution in [-0.2, 0) is 22.7 Å². The van der Waals surface area contributed by atoms with Crippen LogP contribution in [0.15, 0.2) is 18.2 Å². The maximum atomic E-state index is 14.7. The van der Waals surface area contributed by atoms with Crippen LogP contribution in [0.25, 0.3) is 0 Å². The van der Waals surface area contributed by atoms with Gasteiger partial charge in [0.15, 0.2) is 0 Å². The van der Waals surface area contributed by atoms with Gasteiger partial charge < -0.3 is 15.5 Å². The van der Waals surface area contributed by atoms with Gasteiger partial charge >= 0.3 is 0 Å². The lowest BCUT2D eigenvalue weighted by Gasteiger charge is -2.30. The van der Waals surface area contributed by atoms with Crippen molar-refractivity contribution in [3.8, 4) is 0 Å². The number of carbonyl (C=O) groups excluding carboxylic acids is 3. The number of nitrogens with one attached hydrogen (secondary N) is 3. The zero-order valence-corrected chi connectivity index (χ0v) is 15.7. The number of carbonyl (C=O) groups is 3. The minimum absolute atomic E-state index is 0.179. The molecule has 150 valence electrons. The van der Waals surface area contributed by atoms with Gasteiger partial charge in [-0.25, -0.2) is 4.39 Å². The molecule has 0 spiro atoms. The molecule has 3 N–H and O–H groups in total. The maximum Gasteiger partial charge on any atom is 0.255 e. The molecular formula is C20H25FN4O3. The monoisotopic (exact) mass is 388 g/mol. The fourth-order valence-corrected chi connectivity index (χ4v) is 4.22. The number of alkyl halides is 1. The molecule has 0 radical (unpaired) electrons. The van der Waals surface area contributed by atoms with Crippen LogP contribution in [0.5, 0.6) is 0 Å². The first-order valence-corrected chi connectivity index (χ1v) is 9.82. The standard InChI is InChI=1S/C20H25FN4O3/c21-20(5-7-22-8-6-20)12-23-10-13-1-2-15-14(9-13)11-25(19(15)28)16-3-4-17(26)24-18(16)27/h1-2,9,16,22-23H,3-8,10-12H2,(H,24,26,27). The highest BCUT2D eigenvalue weighted by Gasteiger charge is 2.39. The highest BCUT2D eigenvalue weighted by atomic mass is 19.1. The number of hydrogen-bond acceptors (Lipinski definition) is 5. The molecule has 3 aliphatic rings. The second kappa shape index (κ2) is 7.60. The summed E-state index contributed by atoms with van der Waals surface area (Å²) in [6.07, 6.45) is 1.62. The Morgan fingerprint density at radius 2 is 2.00 bits per heavy atom. The van der Waals surface area contributed by atoms with E-state index < -0.39 is 17.6 Å². The van der Waals surface area contributed by atoms with Gasteiger partial charge in [0.1, 0.15) is 11.7 Å². The van der Waals surface area contributed by atoms with Gasteiger partial charge in [-0.15, -0.1) is 0 Å². The van der Waals surface area contributed by atoms with Gasteiger partial charge in [0.25, 0.3) is 5.91 Å². The fraction of sp³-hybridized carbons (Fsp3) is 0.550. The van der Waals surface area contributed by atoms with Crippen molar-refractivity contribution in [2.45, 2.75) is 50.5 Å². The second-order valence-corrected chi connectivity index (χ2v) is 7.90. The Bertz CT molecular complexity index is 807. The Labute approximate surface area is 163 Å². The Morgan fingerprint density at radius 1 is 1.21 bits per heavy atom. The Balaban J connectivity index is 1.38. The molecule has 4 rings (SSSR count). The lowest BCUT2D eigenvalue weighted by atomic mass is 9.94. The summed E-state index contributed by atoms with van der Waals surface area (Å²) in [5.41, 5.74) is 1.27. The van der Waals surface area contributed by atoms with Crippen LogP contribution in [0.4, 0.5) is 4.39 Å². The summed E-state index contributed by atoms with van der Waals surface area (Å²) in [7, 11) is 0. The van der Waals surface area contributed by atoms with E-state index in [4.69, 9.17) is 0 Å². The topological polar surface area (TPSA) is 90.5 Å². The largest absolute Gasteiger partial charge is 0.322 e. The third kappa shape index (κ3) is 3.79. The lowest BCUT2D eigenvalue weighted by molar-refractivity contribution is -0.136. The highest BCUT2D eigenvalue weighted by molar-refractivity contribution is 6.05. The normalized spacial score (nSPS) is 24.2. The van der Waals surface area contributed by atoms with Crippen molar-refractivity contribution in [1.82, 2.24) is 20.9 Å². The molecule has 0 bridgehead atoms. The van der Waals surface area contributed by atoms with E-state index in [9.17, 15) is 18.8 Å². The fourth-order valence-electron chi connectivity index (χ4n) is 4.22. The molecular weight excluding hydrogens is 363 g/mol. The molecule has 0 saturated carbocycles. The van der Waals surface area contributed by atoms with Gasteiger partial charge in [0, 0.05) is 31.6 Å². The number of amides is 3. The molecule has 8 heteroatoms. The van der Waals surface area contributed by atoms with Gasteiger partial charge in [-0.05, 0) is 49.5 Å². The van der Waals surface area contributed by atoms with Crippen LogP contribution in [0.3, 0.4) is 0 Å². The van der Waals surface area contributed by atoms with Gasteiger partial charge in [-0.2, -0.15) is 0 Å². The van der Waals surface area contributed by atoms with Crippen molar-refractivity contribution in [2.75, 3.05) is 19.6 Å². The first-order chi connectivity index (χ1) is 13.5. The summed E-state index contributed by atoms with van der Waals surface area (Å²) in [4.78, 5) is 37.7. The van der Waals surface area contributed by atoms with E-state index in [2.05, 4.69) is 16.0 Å². The van der Waals surface area contributed by atoms with Crippen molar-refractivity contribution in [3.63, 3.8) is 0 Å². The molecule has 3 amide bonds. The molecule has 1 aromatic rings. The van der Waals surface area contributed by atoms with Gasteiger partial charge in [-0.3, -0.25) is 19.7 Å². The molecule has 2 fully saturated rings. The van der Waals surface area contributed by atoms with E-state index >= 15 is 0 Å². The van der Waals surface area contributed by atoms with Crippen LogP contribution >= 0.6 is 0 Å².